The largest absolute Gasteiger partial charge is 0.361 e. The van der Waals surface area contributed by atoms with Gasteiger partial charge in [0.1, 0.15) is 0 Å². The highest BCUT2D eigenvalue weighted by molar-refractivity contribution is 7.90. The average molecular weight is 403 g/mol. The van der Waals surface area contributed by atoms with E-state index in [1.54, 1.807) is 18.3 Å². The monoisotopic (exact) mass is 403 g/mol. The molecular weight excluding hydrogens is 386 g/mol. The third-order valence-electron chi connectivity index (χ3n) is 4.84. The maximum atomic E-state index is 12.2. The molecule has 146 valence electrons. The van der Waals surface area contributed by atoms with E-state index in [1.165, 1.54) is 6.07 Å². The topological polar surface area (TPSA) is 142 Å². The Labute approximate surface area is 159 Å². The smallest absolute Gasteiger partial charge is 0.279 e. The fraction of sp³-hybridized carbons (Fsp3) is 0.294. The van der Waals surface area contributed by atoms with E-state index in [0.717, 1.165) is 11.8 Å². The number of fused-ring (bicyclic) bond motifs is 2. The Morgan fingerprint density at radius 3 is 2.86 bits per heavy atom. The highest BCUT2D eigenvalue weighted by atomic mass is 32.2. The Balaban J connectivity index is 1.68. The number of non-ortho nitro benzene ring substituents is 1. The van der Waals surface area contributed by atoms with E-state index in [1.807, 2.05) is 4.90 Å². The molecule has 1 aromatic carbocycles. The van der Waals surface area contributed by atoms with Crippen LogP contribution in [0.2, 0.25) is 0 Å². The van der Waals surface area contributed by atoms with Gasteiger partial charge >= 0.3 is 0 Å². The predicted molar refractivity (Wildman–Crippen MR) is 101 cm³/mol. The van der Waals surface area contributed by atoms with E-state index in [2.05, 4.69) is 15.0 Å². The van der Waals surface area contributed by atoms with Gasteiger partial charge in [-0.3, -0.25) is 24.8 Å². The van der Waals surface area contributed by atoms with Crippen LogP contribution < -0.4 is 5.56 Å². The van der Waals surface area contributed by atoms with Gasteiger partial charge in [-0.05, 0) is 18.1 Å². The van der Waals surface area contributed by atoms with Crippen molar-refractivity contribution in [2.75, 3.05) is 12.8 Å². The molecule has 0 aliphatic carbocycles. The Hall–Kier alpha value is -3.05. The van der Waals surface area contributed by atoms with Gasteiger partial charge < -0.3 is 4.98 Å². The number of hydrogen-bond donors (Lipinski definition) is 2. The molecule has 4 rings (SSSR count). The summed E-state index contributed by atoms with van der Waals surface area (Å²) >= 11 is 0. The molecule has 0 saturated heterocycles. The van der Waals surface area contributed by atoms with Crippen molar-refractivity contribution in [2.24, 2.45) is 0 Å². The second-order valence-electron chi connectivity index (χ2n) is 6.80. The lowest BCUT2D eigenvalue weighted by Crippen LogP contribution is -2.35. The van der Waals surface area contributed by atoms with Gasteiger partial charge in [-0.1, -0.05) is 6.07 Å². The summed E-state index contributed by atoms with van der Waals surface area (Å²) in [7, 11) is -3.64. The van der Waals surface area contributed by atoms with Gasteiger partial charge in [0.2, 0.25) is 15.0 Å². The molecule has 3 aromatic rings. The summed E-state index contributed by atoms with van der Waals surface area (Å²) in [6.45, 7) is 1.26. The number of nitrogens with zero attached hydrogens (tertiary/aromatic N) is 3. The highest BCUT2D eigenvalue weighted by Gasteiger charge is 2.25. The highest BCUT2D eigenvalue weighted by Crippen LogP contribution is 2.30. The molecule has 0 saturated carbocycles. The minimum Gasteiger partial charge on any atom is -0.361 e. The Morgan fingerprint density at radius 2 is 2.14 bits per heavy atom. The van der Waals surface area contributed by atoms with Gasteiger partial charge in [0.05, 0.1) is 21.5 Å². The minimum absolute atomic E-state index is 0.0279. The van der Waals surface area contributed by atoms with Gasteiger partial charge in [0.15, 0.2) is 0 Å². The van der Waals surface area contributed by atoms with Crippen LogP contribution >= 0.6 is 0 Å². The number of nitro benzene ring substituents is 1. The molecule has 0 unspecified atom stereocenters. The number of nitro groups is 1. The van der Waals surface area contributed by atoms with Crippen molar-refractivity contribution in [1.29, 1.82) is 0 Å². The third-order valence-corrected chi connectivity index (χ3v) is 5.73. The van der Waals surface area contributed by atoms with Crippen LogP contribution in [0.15, 0.2) is 34.3 Å². The van der Waals surface area contributed by atoms with E-state index in [-0.39, 0.29) is 17.4 Å². The standard InChI is InChI=1S/C17H17N5O5S/c1-28(26,27)17-19-13-9-21(6-5-11(13)16(23)20-17)8-10-7-18-12-3-2-4-14(15(10)12)22(24)25/h2-4,7,18H,5-6,8-9H2,1H3,(H,19,20,23). The Bertz CT molecular complexity index is 1260. The van der Waals surface area contributed by atoms with Crippen molar-refractivity contribution in [3.63, 3.8) is 0 Å². The summed E-state index contributed by atoms with van der Waals surface area (Å²) in [5, 5.41) is 11.6. The van der Waals surface area contributed by atoms with Crippen LogP contribution in [0.1, 0.15) is 16.8 Å². The lowest BCUT2D eigenvalue weighted by Gasteiger charge is -2.27. The molecule has 2 N–H and O–H groups in total. The van der Waals surface area contributed by atoms with Crippen molar-refractivity contribution >= 4 is 26.4 Å². The summed E-state index contributed by atoms with van der Waals surface area (Å²) in [6.07, 6.45) is 3.15. The lowest BCUT2D eigenvalue weighted by atomic mass is 10.1. The molecule has 11 heteroatoms. The molecule has 0 spiro atoms. The Kier molecular flexibility index (Phi) is 4.27. The molecule has 0 bridgehead atoms. The minimum atomic E-state index is -3.64. The van der Waals surface area contributed by atoms with E-state index >= 15 is 0 Å². The van der Waals surface area contributed by atoms with E-state index in [4.69, 9.17) is 0 Å². The number of benzene rings is 1. The SMILES string of the molecule is CS(=O)(=O)c1nc2c(c(=O)[nH]1)CCN(Cc1c[nH]c3cccc([N+](=O)[O-])c13)C2. The molecule has 10 nitrogen and oxygen atoms in total. The maximum Gasteiger partial charge on any atom is 0.279 e. The van der Waals surface area contributed by atoms with Crippen LogP contribution in [0.5, 0.6) is 0 Å². The number of sulfone groups is 1. The van der Waals surface area contributed by atoms with E-state index in [0.29, 0.717) is 41.7 Å². The number of aromatic amines is 2. The van der Waals surface area contributed by atoms with E-state index in [9.17, 15) is 23.3 Å². The summed E-state index contributed by atoms with van der Waals surface area (Å²) in [4.78, 5) is 34.6. The molecule has 28 heavy (non-hydrogen) atoms. The first-order valence-electron chi connectivity index (χ1n) is 8.52. The van der Waals surface area contributed by atoms with Crippen LogP contribution in [0.25, 0.3) is 10.9 Å². The lowest BCUT2D eigenvalue weighted by molar-refractivity contribution is -0.383. The van der Waals surface area contributed by atoms with E-state index < -0.39 is 20.3 Å². The van der Waals surface area contributed by atoms with Crippen LogP contribution in [0.4, 0.5) is 5.69 Å². The molecule has 1 aliphatic heterocycles. The molecule has 0 radical (unpaired) electrons. The second kappa shape index (κ2) is 6.53. The van der Waals surface area contributed by atoms with Crippen LogP contribution in [0.3, 0.4) is 0 Å². The van der Waals surface area contributed by atoms with Crippen molar-refractivity contribution in [2.45, 2.75) is 24.7 Å². The number of rotatable bonds is 4. The number of H-pyrrole nitrogens is 2. The van der Waals surface area contributed by atoms with Crippen LogP contribution in [0, 0.1) is 10.1 Å². The molecular formula is C17H17N5O5S. The van der Waals surface area contributed by atoms with Gasteiger partial charge in [-0.15, -0.1) is 0 Å². The molecule has 0 fully saturated rings. The van der Waals surface area contributed by atoms with Crippen molar-refractivity contribution in [1.82, 2.24) is 19.9 Å². The molecule has 0 atom stereocenters. The van der Waals surface area contributed by atoms with Crippen molar-refractivity contribution < 1.29 is 13.3 Å². The predicted octanol–water partition coefficient (Wildman–Crippen LogP) is 1.12. The first kappa shape index (κ1) is 18.3. The van der Waals surface area contributed by atoms with Crippen LogP contribution in [-0.2, 0) is 29.3 Å². The third kappa shape index (κ3) is 3.18. The van der Waals surface area contributed by atoms with Crippen molar-refractivity contribution in [3.05, 3.63) is 61.7 Å². The zero-order valence-corrected chi connectivity index (χ0v) is 15.7. The van der Waals surface area contributed by atoms with Gasteiger partial charge in [0, 0.05) is 43.7 Å². The fourth-order valence-corrected chi connectivity index (χ4v) is 4.09. The van der Waals surface area contributed by atoms with Gasteiger partial charge in [0.25, 0.3) is 11.2 Å². The molecule has 2 aromatic heterocycles. The fourth-order valence-electron chi connectivity index (χ4n) is 3.53. The summed E-state index contributed by atoms with van der Waals surface area (Å²) in [5.41, 5.74) is 1.93. The first-order valence-corrected chi connectivity index (χ1v) is 10.4. The van der Waals surface area contributed by atoms with Crippen LogP contribution in [-0.4, -0.2) is 46.0 Å². The second-order valence-corrected chi connectivity index (χ2v) is 8.73. The average Bonchev–Trinajstić information content (AvgIpc) is 3.03. The molecule has 0 amide bonds. The number of aromatic nitrogens is 3. The molecule has 1 aliphatic rings. The summed E-state index contributed by atoms with van der Waals surface area (Å²) in [5.74, 6) is 0. The normalized spacial score (nSPS) is 14.9. The van der Waals surface area contributed by atoms with Gasteiger partial charge in [-0.2, -0.15) is 0 Å². The summed E-state index contributed by atoms with van der Waals surface area (Å²) < 4.78 is 23.5. The molecule has 3 heterocycles. The van der Waals surface area contributed by atoms with Gasteiger partial charge in [-0.25, -0.2) is 13.4 Å². The number of nitrogens with one attached hydrogen (secondary N) is 2. The Morgan fingerprint density at radius 1 is 1.36 bits per heavy atom. The van der Waals surface area contributed by atoms with Crippen molar-refractivity contribution in [3.8, 4) is 0 Å². The quantitative estimate of drug-likeness (QED) is 0.377. The zero-order chi connectivity index (χ0) is 20.1. The maximum absolute atomic E-state index is 12.2. The first-order chi connectivity index (χ1) is 13.2. The number of hydrogen-bond acceptors (Lipinski definition) is 7. The zero-order valence-electron chi connectivity index (χ0n) is 14.9. The summed E-state index contributed by atoms with van der Waals surface area (Å²) in [6, 6.07) is 4.86.